The minimum absolute atomic E-state index is 0.429. The molecule has 4 nitrogen and oxygen atoms in total. The number of carbonyl (C=O) groups is 2. The summed E-state index contributed by atoms with van der Waals surface area (Å²) in [6, 6.07) is 0. The molecule has 1 saturated carbocycles. The van der Waals surface area contributed by atoms with Crippen LogP contribution in [0, 0.1) is 11.8 Å². The van der Waals surface area contributed by atoms with E-state index in [1.165, 1.54) is 7.11 Å². The Hall–Kier alpha value is -1.06. The highest BCUT2D eigenvalue weighted by atomic mass is 16.5. The molecule has 0 aromatic heterocycles. The number of hydrogen-bond donors (Lipinski definition) is 0. The van der Waals surface area contributed by atoms with E-state index in [2.05, 4.69) is 4.74 Å². The van der Waals surface area contributed by atoms with Gasteiger partial charge in [0.2, 0.25) is 0 Å². The van der Waals surface area contributed by atoms with Gasteiger partial charge in [-0.1, -0.05) is 6.42 Å². The first-order valence-electron chi connectivity index (χ1n) is 3.95. The number of esters is 1. The summed E-state index contributed by atoms with van der Waals surface area (Å²) in [6.07, 6.45) is 1.89. The molecule has 1 aliphatic rings. The van der Waals surface area contributed by atoms with Crippen LogP contribution in [-0.2, 0) is 14.3 Å². The van der Waals surface area contributed by atoms with Crippen molar-refractivity contribution in [3.63, 3.8) is 0 Å². The molecule has 0 radical (unpaired) electrons. The Bertz CT molecular complexity index is 199. The standard InChI is InChI=1S/C8H12O4/c1-12-8(11)6-4-2-3-5(6)7(9)10/h5-6H,2-4H2,1H3,(H,9,10)/p-1/t5-,6-/m0/s1. The first-order chi connectivity index (χ1) is 5.66. The Kier molecular flexibility index (Phi) is 2.68. The topological polar surface area (TPSA) is 66.4 Å². The van der Waals surface area contributed by atoms with Gasteiger partial charge in [0, 0.05) is 11.9 Å². The van der Waals surface area contributed by atoms with Gasteiger partial charge in [0.05, 0.1) is 13.0 Å². The van der Waals surface area contributed by atoms with Crippen LogP contribution >= 0.6 is 0 Å². The molecule has 1 rings (SSSR count). The fourth-order valence-corrected chi connectivity index (χ4v) is 1.68. The Morgan fingerprint density at radius 3 is 2.42 bits per heavy atom. The third kappa shape index (κ3) is 1.57. The summed E-state index contributed by atoms with van der Waals surface area (Å²) in [5.74, 6) is -2.69. The number of carboxylic acid groups (broad SMARTS) is 1. The second-order valence-corrected chi connectivity index (χ2v) is 2.99. The Balaban J connectivity index is 2.63. The first kappa shape index (κ1) is 9.03. The number of hydrogen-bond acceptors (Lipinski definition) is 4. The third-order valence-corrected chi connectivity index (χ3v) is 2.32. The Morgan fingerprint density at radius 2 is 1.92 bits per heavy atom. The van der Waals surface area contributed by atoms with E-state index in [0.717, 1.165) is 6.42 Å². The molecule has 0 N–H and O–H groups in total. The zero-order chi connectivity index (χ0) is 9.14. The number of carboxylic acids is 1. The van der Waals surface area contributed by atoms with Gasteiger partial charge in [0.25, 0.3) is 0 Å². The molecule has 0 aromatic rings. The third-order valence-electron chi connectivity index (χ3n) is 2.32. The monoisotopic (exact) mass is 171 g/mol. The van der Waals surface area contributed by atoms with Gasteiger partial charge in [-0.25, -0.2) is 0 Å². The molecule has 4 heteroatoms. The summed E-state index contributed by atoms with van der Waals surface area (Å²) in [5.41, 5.74) is 0. The summed E-state index contributed by atoms with van der Waals surface area (Å²) >= 11 is 0. The largest absolute Gasteiger partial charge is 0.550 e. The van der Waals surface area contributed by atoms with Gasteiger partial charge in [-0.15, -0.1) is 0 Å². The summed E-state index contributed by atoms with van der Waals surface area (Å²) in [7, 11) is 1.27. The van der Waals surface area contributed by atoms with Crippen molar-refractivity contribution in [3.8, 4) is 0 Å². The van der Waals surface area contributed by atoms with E-state index in [4.69, 9.17) is 0 Å². The lowest BCUT2D eigenvalue weighted by molar-refractivity contribution is -0.312. The molecule has 0 spiro atoms. The molecule has 0 heterocycles. The fourth-order valence-electron chi connectivity index (χ4n) is 1.68. The zero-order valence-electron chi connectivity index (χ0n) is 6.91. The molecule has 1 aliphatic carbocycles. The summed E-state index contributed by atoms with van der Waals surface area (Å²) in [6.45, 7) is 0. The van der Waals surface area contributed by atoms with E-state index >= 15 is 0 Å². The van der Waals surface area contributed by atoms with Gasteiger partial charge >= 0.3 is 5.97 Å². The lowest BCUT2D eigenvalue weighted by Gasteiger charge is -2.17. The van der Waals surface area contributed by atoms with E-state index in [9.17, 15) is 14.7 Å². The van der Waals surface area contributed by atoms with Gasteiger partial charge in [-0.3, -0.25) is 4.79 Å². The van der Waals surface area contributed by atoms with Crippen molar-refractivity contribution in [1.82, 2.24) is 0 Å². The van der Waals surface area contributed by atoms with E-state index in [0.29, 0.717) is 12.8 Å². The van der Waals surface area contributed by atoms with Crippen molar-refractivity contribution in [3.05, 3.63) is 0 Å². The minimum Gasteiger partial charge on any atom is -0.550 e. The molecular weight excluding hydrogens is 160 g/mol. The molecule has 0 aromatic carbocycles. The van der Waals surface area contributed by atoms with E-state index in [-0.39, 0.29) is 0 Å². The quantitative estimate of drug-likeness (QED) is 0.516. The number of methoxy groups -OCH3 is 1. The van der Waals surface area contributed by atoms with Crippen LogP contribution in [0.4, 0.5) is 0 Å². The number of carbonyl (C=O) groups excluding carboxylic acids is 2. The van der Waals surface area contributed by atoms with Gasteiger partial charge < -0.3 is 14.6 Å². The normalized spacial score (nSPS) is 28.4. The SMILES string of the molecule is COC(=O)[C@H]1CCC[C@@H]1C(=O)[O-]. The molecule has 0 aliphatic heterocycles. The Morgan fingerprint density at radius 1 is 1.33 bits per heavy atom. The highest BCUT2D eigenvalue weighted by Crippen LogP contribution is 2.31. The van der Waals surface area contributed by atoms with Gasteiger partial charge in [0.15, 0.2) is 0 Å². The van der Waals surface area contributed by atoms with Crippen molar-refractivity contribution in [2.75, 3.05) is 7.11 Å². The fraction of sp³-hybridized carbons (Fsp3) is 0.750. The van der Waals surface area contributed by atoms with Crippen molar-refractivity contribution in [2.24, 2.45) is 11.8 Å². The van der Waals surface area contributed by atoms with Gasteiger partial charge in [-0.05, 0) is 12.8 Å². The summed E-state index contributed by atoms with van der Waals surface area (Å²) in [5, 5.41) is 10.5. The minimum atomic E-state index is -1.14. The second kappa shape index (κ2) is 3.56. The zero-order valence-corrected chi connectivity index (χ0v) is 6.91. The van der Waals surface area contributed by atoms with Crippen LogP contribution in [0.15, 0.2) is 0 Å². The number of aliphatic carboxylic acids is 1. The smallest absolute Gasteiger partial charge is 0.309 e. The molecule has 2 atom stereocenters. The second-order valence-electron chi connectivity index (χ2n) is 2.99. The molecule has 68 valence electrons. The molecule has 12 heavy (non-hydrogen) atoms. The van der Waals surface area contributed by atoms with Crippen LogP contribution in [0.25, 0.3) is 0 Å². The van der Waals surface area contributed by atoms with Crippen molar-refractivity contribution >= 4 is 11.9 Å². The highest BCUT2D eigenvalue weighted by Gasteiger charge is 2.34. The maximum absolute atomic E-state index is 11.0. The summed E-state index contributed by atoms with van der Waals surface area (Å²) in [4.78, 5) is 21.5. The maximum atomic E-state index is 11.0. The van der Waals surface area contributed by atoms with Crippen molar-refractivity contribution in [2.45, 2.75) is 19.3 Å². The predicted octanol–water partition coefficient (Wildman–Crippen LogP) is -0.674. The van der Waals surface area contributed by atoms with Gasteiger partial charge in [0.1, 0.15) is 0 Å². The van der Waals surface area contributed by atoms with Crippen LogP contribution in [0.1, 0.15) is 19.3 Å². The van der Waals surface area contributed by atoms with Crippen LogP contribution in [0.2, 0.25) is 0 Å². The molecule has 0 unspecified atom stereocenters. The average molecular weight is 171 g/mol. The van der Waals surface area contributed by atoms with Crippen LogP contribution in [-0.4, -0.2) is 19.0 Å². The molecular formula is C8H11O4-. The van der Waals surface area contributed by atoms with Crippen molar-refractivity contribution in [1.29, 1.82) is 0 Å². The van der Waals surface area contributed by atoms with E-state index in [1.807, 2.05) is 0 Å². The molecule has 1 fully saturated rings. The lowest BCUT2D eigenvalue weighted by atomic mass is 9.97. The van der Waals surface area contributed by atoms with Crippen LogP contribution in [0.5, 0.6) is 0 Å². The Labute approximate surface area is 70.5 Å². The number of ether oxygens (including phenoxy) is 1. The van der Waals surface area contributed by atoms with E-state index in [1.54, 1.807) is 0 Å². The lowest BCUT2D eigenvalue weighted by Crippen LogP contribution is -2.36. The molecule has 0 bridgehead atoms. The van der Waals surface area contributed by atoms with E-state index < -0.39 is 23.8 Å². The molecule has 0 saturated heterocycles. The average Bonchev–Trinajstić information content (AvgIpc) is 2.50. The number of rotatable bonds is 2. The molecule has 0 amide bonds. The van der Waals surface area contributed by atoms with Crippen LogP contribution in [0.3, 0.4) is 0 Å². The maximum Gasteiger partial charge on any atom is 0.309 e. The first-order valence-corrected chi connectivity index (χ1v) is 3.95. The predicted molar refractivity (Wildman–Crippen MR) is 37.9 cm³/mol. The van der Waals surface area contributed by atoms with Crippen LogP contribution < -0.4 is 5.11 Å². The summed E-state index contributed by atoms with van der Waals surface area (Å²) < 4.78 is 4.48. The van der Waals surface area contributed by atoms with Crippen molar-refractivity contribution < 1.29 is 19.4 Å². The van der Waals surface area contributed by atoms with Gasteiger partial charge in [-0.2, -0.15) is 0 Å². The highest BCUT2D eigenvalue weighted by molar-refractivity contribution is 5.80.